The van der Waals surface area contributed by atoms with E-state index in [9.17, 15) is 14.4 Å². The summed E-state index contributed by atoms with van der Waals surface area (Å²) in [6, 6.07) is 21.4. The topological polar surface area (TPSA) is 109 Å². The maximum absolute atomic E-state index is 13.2. The van der Waals surface area contributed by atoms with Gasteiger partial charge < -0.3 is 25.0 Å². The summed E-state index contributed by atoms with van der Waals surface area (Å²) in [5.74, 6) is -0.814. The fourth-order valence-corrected chi connectivity index (χ4v) is 4.41. The van der Waals surface area contributed by atoms with Crippen LogP contribution in [0.1, 0.15) is 41.3 Å². The number of fused-ring (bicyclic) bond motifs is 1. The van der Waals surface area contributed by atoms with Gasteiger partial charge in [0.2, 0.25) is 5.91 Å². The third-order valence-electron chi connectivity index (χ3n) is 6.55. The lowest BCUT2D eigenvalue weighted by Gasteiger charge is -2.18. The molecule has 0 aromatic heterocycles. The molecule has 0 spiro atoms. The van der Waals surface area contributed by atoms with Crippen LogP contribution in [0.15, 0.2) is 77.8 Å². The SMILES string of the molecule is CCN(CC)CCNC(=O)c1ccc(N=C(c2ccccc2)C2C(=O)Nc3cc(OC(=O)OC)ccc32)cc1. The number of hydrogen-bond acceptors (Lipinski definition) is 7. The predicted octanol–water partition coefficient (Wildman–Crippen LogP) is 4.76. The average Bonchev–Trinajstić information content (AvgIpc) is 3.29. The molecule has 0 radical (unpaired) electrons. The number of carbonyl (C=O) groups is 3. The molecule has 2 amide bonds. The van der Waals surface area contributed by atoms with E-state index in [0.717, 1.165) is 25.2 Å². The molecule has 1 heterocycles. The number of rotatable bonds is 10. The van der Waals surface area contributed by atoms with Gasteiger partial charge in [0.25, 0.3) is 5.91 Å². The largest absolute Gasteiger partial charge is 0.513 e. The van der Waals surface area contributed by atoms with Gasteiger partial charge in [-0.1, -0.05) is 50.2 Å². The quantitative estimate of drug-likeness (QED) is 0.223. The van der Waals surface area contributed by atoms with E-state index in [2.05, 4.69) is 34.1 Å². The fraction of sp³-hybridized carbons (Fsp3) is 0.267. The molecule has 0 fully saturated rings. The summed E-state index contributed by atoms with van der Waals surface area (Å²) in [5.41, 5.74) is 3.75. The second-order valence-electron chi connectivity index (χ2n) is 8.92. The van der Waals surface area contributed by atoms with Crippen molar-refractivity contribution in [1.82, 2.24) is 10.2 Å². The molecule has 1 aliphatic heterocycles. The number of aliphatic imine (C=N–C) groups is 1. The van der Waals surface area contributed by atoms with Crippen LogP contribution in [0.2, 0.25) is 0 Å². The number of nitrogens with one attached hydrogen (secondary N) is 2. The van der Waals surface area contributed by atoms with E-state index in [1.165, 1.54) is 7.11 Å². The summed E-state index contributed by atoms with van der Waals surface area (Å²) in [4.78, 5) is 44.4. The fourth-order valence-electron chi connectivity index (χ4n) is 4.41. The smallest absolute Gasteiger partial charge is 0.437 e. The molecule has 202 valence electrons. The van der Waals surface area contributed by atoms with Crippen molar-refractivity contribution in [3.8, 4) is 5.75 Å². The van der Waals surface area contributed by atoms with Crippen LogP contribution in [0, 0.1) is 0 Å². The zero-order valence-corrected chi connectivity index (χ0v) is 22.3. The Morgan fingerprint density at radius 1 is 0.974 bits per heavy atom. The average molecular weight is 529 g/mol. The van der Waals surface area contributed by atoms with Crippen LogP contribution in [0.5, 0.6) is 5.75 Å². The first-order valence-electron chi connectivity index (χ1n) is 12.9. The van der Waals surface area contributed by atoms with Crippen LogP contribution in [0.3, 0.4) is 0 Å². The van der Waals surface area contributed by atoms with E-state index in [1.54, 1.807) is 42.5 Å². The first-order valence-corrected chi connectivity index (χ1v) is 12.9. The third-order valence-corrected chi connectivity index (χ3v) is 6.55. The number of ether oxygens (including phenoxy) is 2. The number of benzene rings is 3. The van der Waals surface area contributed by atoms with Crippen LogP contribution in [0.4, 0.5) is 16.2 Å². The van der Waals surface area contributed by atoms with Gasteiger partial charge in [-0.25, -0.2) is 4.79 Å². The van der Waals surface area contributed by atoms with Gasteiger partial charge in [0.1, 0.15) is 11.7 Å². The standard InChI is InChI=1S/C30H32N4O5/c1-4-34(5-2)18-17-31-28(35)21-11-13-22(14-12-21)32-27(20-9-7-6-8-10-20)26-24-16-15-23(39-30(37)38-3)19-25(24)33-29(26)36/h6-16,19,26H,4-5,17-18H2,1-3H3,(H,31,35)(H,33,36). The Hall–Kier alpha value is -4.50. The van der Waals surface area contributed by atoms with E-state index in [0.29, 0.717) is 34.8 Å². The predicted molar refractivity (Wildman–Crippen MR) is 150 cm³/mol. The van der Waals surface area contributed by atoms with Gasteiger partial charge in [-0.05, 0) is 54.5 Å². The van der Waals surface area contributed by atoms with Gasteiger partial charge >= 0.3 is 6.16 Å². The number of hydrogen-bond donors (Lipinski definition) is 2. The molecule has 0 aliphatic carbocycles. The Morgan fingerprint density at radius 2 is 1.69 bits per heavy atom. The molecule has 0 bridgehead atoms. The van der Waals surface area contributed by atoms with E-state index in [4.69, 9.17) is 9.73 Å². The van der Waals surface area contributed by atoms with Crippen LogP contribution >= 0.6 is 0 Å². The lowest BCUT2D eigenvalue weighted by molar-refractivity contribution is -0.115. The van der Waals surface area contributed by atoms with Crippen LogP contribution < -0.4 is 15.4 Å². The summed E-state index contributed by atoms with van der Waals surface area (Å²) < 4.78 is 9.65. The molecule has 9 heteroatoms. The van der Waals surface area contributed by atoms with Gasteiger partial charge in [0.15, 0.2) is 0 Å². The van der Waals surface area contributed by atoms with Crippen molar-refractivity contribution in [1.29, 1.82) is 0 Å². The monoisotopic (exact) mass is 528 g/mol. The molecule has 39 heavy (non-hydrogen) atoms. The highest BCUT2D eigenvalue weighted by Gasteiger charge is 2.35. The number of nitrogens with zero attached hydrogens (tertiary/aromatic N) is 2. The number of methoxy groups -OCH3 is 1. The van der Waals surface area contributed by atoms with Crippen molar-refractivity contribution in [3.05, 3.63) is 89.5 Å². The Kier molecular flexibility index (Phi) is 9.06. The Morgan fingerprint density at radius 3 is 2.36 bits per heavy atom. The Bertz CT molecular complexity index is 1350. The molecular formula is C30H32N4O5. The number of amides is 2. The highest BCUT2D eigenvalue weighted by molar-refractivity contribution is 6.24. The number of likely N-dealkylation sites (N-methyl/N-ethyl adjacent to an activating group) is 1. The first-order chi connectivity index (χ1) is 18.9. The molecule has 0 saturated heterocycles. The third kappa shape index (κ3) is 6.69. The summed E-state index contributed by atoms with van der Waals surface area (Å²) in [6.45, 7) is 7.44. The van der Waals surface area contributed by atoms with Crippen molar-refractivity contribution < 1.29 is 23.9 Å². The summed E-state index contributed by atoms with van der Waals surface area (Å²) in [6.07, 6.45) is -0.844. The van der Waals surface area contributed by atoms with E-state index < -0.39 is 12.1 Å². The van der Waals surface area contributed by atoms with Gasteiger partial charge in [0, 0.05) is 30.4 Å². The van der Waals surface area contributed by atoms with Crippen molar-refractivity contribution in [3.63, 3.8) is 0 Å². The normalized spacial score (nSPS) is 14.5. The van der Waals surface area contributed by atoms with E-state index >= 15 is 0 Å². The van der Waals surface area contributed by atoms with Crippen molar-refractivity contribution >= 4 is 35.1 Å². The molecule has 1 aliphatic rings. The Balaban J connectivity index is 1.59. The van der Waals surface area contributed by atoms with E-state index in [-0.39, 0.29) is 17.6 Å². The van der Waals surface area contributed by atoms with Gasteiger partial charge in [-0.3, -0.25) is 14.6 Å². The lowest BCUT2D eigenvalue weighted by Crippen LogP contribution is -2.34. The zero-order valence-electron chi connectivity index (χ0n) is 22.3. The van der Waals surface area contributed by atoms with Gasteiger partial charge in [-0.2, -0.15) is 0 Å². The lowest BCUT2D eigenvalue weighted by atomic mass is 9.90. The Labute approximate surface area is 227 Å². The van der Waals surface area contributed by atoms with Crippen LogP contribution in [0.25, 0.3) is 0 Å². The maximum atomic E-state index is 13.2. The molecule has 3 aromatic carbocycles. The van der Waals surface area contributed by atoms with Gasteiger partial charge in [0.05, 0.1) is 18.5 Å². The molecule has 9 nitrogen and oxygen atoms in total. The second kappa shape index (κ2) is 12.8. The highest BCUT2D eigenvalue weighted by Crippen LogP contribution is 2.38. The molecule has 3 aromatic rings. The molecular weight excluding hydrogens is 496 g/mol. The number of anilines is 1. The van der Waals surface area contributed by atoms with Gasteiger partial charge in [-0.15, -0.1) is 0 Å². The van der Waals surface area contributed by atoms with Crippen LogP contribution in [-0.2, 0) is 9.53 Å². The van der Waals surface area contributed by atoms with Crippen molar-refractivity contribution in [2.75, 3.05) is 38.6 Å². The first kappa shape index (κ1) is 27.5. The van der Waals surface area contributed by atoms with Crippen molar-refractivity contribution in [2.45, 2.75) is 19.8 Å². The molecule has 0 saturated carbocycles. The minimum absolute atomic E-state index is 0.143. The maximum Gasteiger partial charge on any atom is 0.513 e. The summed E-state index contributed by atoms with van der Waals surface area (Å²) in [7, 11) is 1.22. The second-order valence-corrected chi connectivity index (χ2v) is 8.92. The summed E-state index contributed by atoms with van der Waals surface area (Å²) in [5, 5.41) is 5.82. The zero-order chi connectivity index (χ0) is 27.8. The highest BCUT2D eigenvalue weighted by atomic mass is 16.7. The molecule has 1 unspecified atom stereocenters. The molecule has 2 N–H and O–H groups in total. The minimum atomic E-state index is -0.844. The van der Waals surface area contributed by atoms with Crippen molar-refractivity contribution in [2.24, 2.45) is 4.99 Å². The molecule has 4 rings (SSSR count). The molecule has 1 atom stereocenters. The van der Waals surface area contributed by atoms with Crippen LogP contribution in [-0.4, -0.2) is 61.9 Å². The minimum Gasteiger partial charge on any atom is -0.437 e. The van der Waals surface area contributed by atoms with E-state index in [1.807, 2.05) is 30.3 Å². The summed E-state index contributed by atoms with van der Waals surface area (Å²) >= 11 is 0. The number of carbonyl (C=O) groups excluding carboxylic acids is 3.